The van der Waals surface area contributed by atoms with Gasteiger partial charge in [0.25, 0.3) is 0 Å². The summed E-state index contributed by atoms with van der Waals surface area (Å²) in [6.45, 7) is 7.53. The molecule has 3 aliphatic rings. The minimum Gasteiger partial charge on any atom is -0.462 e. The maximum atomic E-state index is 8.96. The van der Waals surface area contributed by atoms with Crippen LogP contribution in [-0.2, 0) is 13.0 Å². The Hall–Kier alpha value is -3.52. The van der Waals surface area contributed by atoms with Gasteiger partial charge in [-0.15, -0.1) is 0 Å². The van der Waals surface area contributed by atoms with Crippen molar-refractivity contribution in [1.29, 1.82) is 0 Å². The first-order chi connectivity index (χ1) is 19.6. The molecule has 2 fully saturated rings. The van der Waals surface area contributed by atoms with Crippen molar-refractivity contribution in [3.05, 3.63) is 53.2 Å². The summed E-state index contributed by atoms with van der Waals surface area (Å²) in [6.07, 6.45) is 4.15. The number of aromatic nitrogens is 2. The monoisotopic (exact) mass is 541 g/mol. The highest BCUT2D eigenvalue weighted by atomic mass is 16.5. The Labute approximate surface area is 236 Å². The minimum atomic E-state index is 0.0151. The van der Waals surface area contributed by atoms with E-state index >= 15 is 0 Å². The molecule has 0 aliphatic carbocycles. The lowest BCUT2D eigenvalue weighted by Gasteiger charge is -2.33. The average molecular weight is 542 g/mol. The number of aryl methyl sites for hydroxylation is 1. The number of hydrogen-bond donors (Lipinski definition) is 1. The molecule has 6 rings (SSSR count). The molecule has 4 heterocycles. The zero-order chi connectivity index (χ0) is 27.5. The fourth-order valence-electron chi connectivity index (χ4n) is 6.31. The summed E-state index contributed by atoms with van der Waals surface area (Å²) in [4.78, 5) is 25.7. The van der Waals surface area contributed by atoms with Gasteiger partial charge in [-0.2, -0.15) is 9.97 Å². The number of ether oxygens (including phenoxy) is 1. The number of aliphatic imine (C=N–C) groups is 2. The van der Waals surface area contributed by atoms with Crippen molar-refractivity contribution in [3.63, 3.8) is 0 Å². The first-order valence-electron chi connectivity index (χ1n) is 14.5. The fourth-order valence-corrected chi connectivity index (χ4v) is 6.31. The highest BCUT2D eigenvalue weighted by molar-refractivity contribution is 5.97. The smallest absolute Gasteiger partial charge is 0.318 e. The van der Waals surface area contributed by atoms with Crippen LogP contribution in [0.15, 0.2) is 46.4 Å². The molecule has 1 aromatic heterocycles. The first kappa shape index (κ1) is 26.7. The van der Waals surface area contributed by atoms with Crippen molar-refractivity contribution < 1.29 is 9.84 Å². The van der Waals surface area contributed by atoms with E-state index in [4.69, 9.17) is 19.8 Å². The Morgan fingerprint density at radius 2 is 1.95 bits per heavy atom. The van der Waals surface area contributed by atoms with Crippen LogP contribution in [0.25, 0.3) is 10.8 Å². The number of nitrogens with zero attached hydrogens (tertiary/aromatic N) is 7. The average Bonchev–Trinajstić information content (AvgIpc) is 3.62. The molecule has 0 bridgehead atoms. The third-order valence-electron chi connectivity index (χ3n) is 8.52. The molecule has 210 valence electrons. The van der Waals surface area contributed by atoms with Crippen LogP contribution >= 0.6 is 0 Å². The van der Waals surface area contributed by atoms with E-state index in [0.29, 0.717) is 25.2 Å². The van der Waals surface area contributed by atoms with Crippen molar-refractivity contribution in [3.8, 4) is 6.01 Å². The number of hydrogen-bond acceptors (Lipinski definition) is 9. The lowest BCUT2D eigenvalue weighted by Crippen LogP contribution is -2.35. The van der Waals surface area contributed by atoms with Crippen molar-refractivity contribution in [1.82, 2.24) is 14.9 Å². The highest BCUT2D eigenvalue weighted by Gasteiger charge is 2.31. The van der Waals surface area contributed by atoms with Gasteiger partial charge in [-0.05, 0) is 63.2 Å². The first-order valence-corrected chi connectivity index (χ1v) is 14.5. The van der Waals surface area contributed by atoms with Gasteiger partial charge in [-0.1, -0.05) is 30.3 Å². The molecular formula is C31H39N7O2. The van der Waals surface area contributed by atoms with Gasteiger partial charge in [0.2, 0.25) is 0 Å². The van der Waals surface area contributed by atoms with E-state index in [1.165, 1.54) is 34.0 Å². The topological polar surface area (TPSA) is 89.7 Å². The van der Waals surface area contributed by atoms with Crippen molar-refractivity contribution in [2.24, 2.45) is 9.98 Å². The molecule has 0 radical (unpaired) electrons. The number of likely N-dealkylation sites (tertiary alicyclic amines) is 1. The SMILES string of the molecule is Cc1cccc2cccc(N3CCc4c(nc(OC[C@@H]5CCCN5C)nc4N4CCC(N=C=NCCO)C4)C3)c12. The van der Waals surface area contributed by atoms with Gasteiger partial charge < -0.3 is 24.5 Å². The van der Waals surface area contributed by atoms with Crippen molar-refractivity contribution >= 4 is 28.3 Å². The second-order valence-corrected chi connectivity index (χ2v) is 11.2. The Morgan fingerprint density at radius 1 is 1.07 bits per heavy atom. The highest BCUT2D eigenvalue weighted by Crippen LogP contribution is 2.36. The molecule has 0 amide bonds. The summed E-state index contributed by atoms with van der Waals surface area (Å²) in [5, 5.41) is 11.5. The summed E-state index contributed by atoms with van der Waals surface area (Å²) in [7, 11) is 2.17. The fraction of sp³-hybridized carbons (Fsp3) is 0.516. The van der Waals surface area contributed by atoms with Gasteiger partial charge in [-0.3, -0.25) is 0 Å². The van der Waals surface area contributed by atoms with E-state index in [-0.39, 0.29) is 12.6 Å². The Kier molecular flexibility index (Phi) is 7.96. The van der Waals surface area contributed by atoms with E-state index in [1.54, 1.807) is 0 Å². The summed E-state index contributed by atoms with van der Waals surface area (Å²) < 4.78 is 6.29. The molecule has 2 aromatic carbocycles. The molecule has 0 saturated carbocycles. The number of fused-ring (bicyclic) bond motifs is 2. The van der Waals surface area contributed by atoms with E-state index in [1.807, 2.05) is 0 Å². The molecule has 3 aliphatic heterocycles. The molecule has 1 unspecified atom stereocenters. The quantitative estimate of drug-likeness (QED) is 0.435. The normalized spacial score (nSPS) is 21.0. The summed E-state index contributed by atoms with van der Waals surface area (Å²) >= 11 is 0. The number of aliphatic hydroxyl groups excluding tert-OH is 1. The van der Waals surface area contributed by atoms with E-state index < -0.39 is 0 Å². The van der Waals surface area contributed by atoms with Gasteiger partial charge in [0.1, 0.15) is 12.4 Å². The third kappa shape index (κ3) is 5.55. The molecule has 0 spiro atoms. The summed E-state index contributed by atoms with van der Waals surface area (Å²) in [6, 6.07) is 16.8. The summed E-state index contributed by atoms with van der Waals surface area (Å²) in [5.41, 5.74) is 4.82. The van der Waals surface area contributed by atoms with Gasteiger partial charge in [0.15, 0.2) is 0 Å². The molecule has 3 aromatic rings. The van der Waals surface area contributed by atoms with E-state index in [2.05, 4.69) is 81.1 Å². The molecule has 40 heavy (non-hydrogen) atoms. The minimum absolute atomic E-state index is 0.0151. The molecule has 9 nitrogen and oxygen atoms in total. The maximum absolute atomic E-state index is 8.96. The lowest BCUT2D eigenvalue weighted by atomic mass is 10.00. The number of aliphatic hydroxyl groups is 1. The number of benzene rings is 2. The molecule has 9 heteroatoms. The number of anilines is 2. The van der Waals surface area contributed by atoms with E-state index in [9.17, 15) is 0 Å². The molecule has 1 N–H and O–H groups in total. The van der Waals surface area contributed by atoms with E-state index in [0.717, 1.165) is 63.5 Å². The Morgan fingerprint density at radius 3 is 2.77 bits per heavy atom. The van der Waals surface area contributed by atoms with Crippen LogP contribution in [0.4, 0.5) is 11.5 Å². The molecule has 2 saturated heterocycles. The van der Waals surface area contributed by atoms with Crippen LogP contribution in [0, 0.1) is 6.92 Å². The predicted octanol–water partition coefficient (Wildman–Crippen LogP) is 3.72. The third-order valence-corrected chi connectivity index (χ3v) is 8.52. The maximum Gasteiger partial charge on any atom is 0.318 e. The van der Waals surface area contributed by atoms with Crippen LogP contribution < -0.4 is 14.5 Å². The predicted molar refractivity (Wildman–Crippen MR) is 159 cm³/mol. The van der Waals surface area contributed by atoms with Gasteiger partial charge in [-0.25, -0.2) is 9.98 Å². The summed E-state index contributed by atoms with van der Waals surface area (Å²) in [5.74, 6) is 0.985. The van der Waals surface area contributed by atoms with Crippen LogP contribution in [-0.4, -0.2) is 91.1 Å². The van der Waals surface area contributed by atoms with Gasteiger partial charge in [0.05, 0.1) is 37.4 Å². The molecule has 2 atom stereocenters. The Bertz CT molecular complexity index is 1420. The van der Waals surface area contributed by atoms with Crippen molar-refractivity contribution in [2.45, 2.75) is 51.2 Å². The molecular weight excluding hydrogens is 502 g/mol. The van der Waals surface area contributed by atoms with Crippen LogP contribution in [0.5, 0.6) is 6.01 Å². The standard InChI is InChI=1S/C31H39N7O2/c1-22-6-3-7-23-8-4-10-28(29(22)23)37-16-12-26-27(19-37)34-31(40-20-25-9-5-14-36(25)2)35-30(26)38-15-11-24(18-38)33-21-32-13-17-39/h3-4,6-8,10,24-25,39H,5,9,11-20H2,1-2H3/t24?,25-/m0/s1. The second-order valence-electron chi connectivity index (χ2n) is 11.2. The Balaban J connectivity index is 1.30. The second kappa shape index (κ2) is 11.9. The zero-order valence-corrected chi connectivity index (χ0v) is 23.6. The van der Waals surface area contributed by atoms with Gasteiger partial charge in [0, 0.05) is 42.3 Å². The van der Waals surface area contributed by atoms with Crippen LogP contribution in [0.2, 0.25) is 0 Å². The van der Waals surface area contributed by atoms with Crippen LogP contribution in [0.3, 0.4) is 0 Å². The lowest BCUT2D eigenvalue weighted by molar-refractivity contribution is 0.187. The van der Waals surface area contributed by atoms with Gasteiger partial charge >= 0.3 is 6.01 Å². The largest absolute Gasteiger partial charge is 0.462 e. The van der Waals surface area contributed by atoms with Crippen molar-refractivity contribution in [2.75, 3.05) is 62.8 Å². The number of rotatable bonds is 8. The van der Waals surface area contributed by atoms with Crippen LogP contribution in [0.1, 0.15) is 36.1 Å². The zero-order valence-electron chi connectivity index (χ0n) is 23.6. The number of likely N-dealkylation sites (N-methyl/N-ethyl adjacent to an activating group) is 1.